The van der Waals surface area contributed by atoms with Crippen LogP contribution in [0.2, 0.25) is 0 Å². The van der Waals surface area contributed by atoms with Crippen molar-refractivity contribution in [1.82, 2.24) is 0 Å². The normalized spacial score (nSPS) is 10.0. The van der Waals surface area contributed by atoms with Gasteiger partial charge in [0.2, 0.25) is 0 Å². The Bertz CT molecular complexity index is 621. The van der Waals surface area contributed by atoms with E-state index in [4.69, 9.17) is 4.42 Å². The molecule has 6 heteroatoms. The minimum Gasteiger partial charge on any atom is -0.465 e. The summed E-state index contributed by atoms with van der Waals surface area (Å²) in [6, 6.07) is 9.86. The number of nitrogens with one attached hydrogen (secondary N) is 1. The molecule has 0 spiro atoms. The van der Waals surface area contributed by atoms with Crippen LogP contribution in [0.4, 0.5) is 5.69 Å². The number of hydrogen-bond donors (Lipinski definition) is 1. The summed E-state index contributed by atoms with van der Waals surface area (Å²) in [5, 5.41) is 2.62. The molecule has 2 rings (SSSR count). The minimum absolute atomic E-state index is 0.184. The Kier molecular flexibility index (Phi) is 4.20. The number of hydrogen-bond acceptors (Lipinski definition) is 4. The molecule has 1 aromatic carbocycles. The van der Waals surface area contributed by atoms with Crippen LogP contribution in [0, 0.1) is 3.77 Å². The van der Waals surface area contributed by atoms with Crippen LogP contribution in [0.3, 0.4) is 0 Å². The number of furan rings is 1. The number of anilines is 1. The summed E-state index contributed by atoms with van der Waals surface area (Å²) in [7, 11) is 1.29. The SMILES string of the molecule is COC(=O)c1ccccc1NC(=O)c1ccc(I)o1. The van der Waals surface area contributed by atoms with Crippen LogP contribution < -0.4 is 5.32 Å². The predicted octanol–water partition coefficient (Wildman–Crippen LogP) is 2.92. The van der Waals surface area contributed by atoms with Gasteiger partial charge in [0.05, 0.1) is 18.4 Å². The number of carbonyl (C=O) groups is 2. The zero-order valence-electron chi connectivity index (χ0n) is 9.98. The van der Waals surface area contributed by atoms with E-state index in [1.54, 1.807) is 36.4 Å². The highest BCUT2D eigenvalue weighted by atomic mass is 127. The zero-order valence-corrected chi connectivity index (χ0v) is 12.1. The van der Waals surface area contributed by atoms with Gasteiger partial charge < -0.3 is 14.5 Å². The van der Waals surface area contributed by atoms with Crippen molar-refractivity contribution in [2.75, 3.05) is 12.4 Å². The first-order chi connectivity index (χ1) is 9.11. The van der Waals surface area contributed by atoms with Gasteiger partial charge in [-0.3, -0.25) is 4.79 Å². The molecule has 0 unspecified atom stereocenters. The van der Waals surface area contributed by atoms with E-state index >= 15 is 0 Å². The lowest BCUT2D eigenvalue weighted by Gasteiger charge is -2.08. The maximum absolute atomic E-state index is 11.9. The number of carbonyl (C=O) groups excluding carboxylic acids is 2. The Morgan fingerprint density at radius 2 is 1.95 bits per heavy atom. The van der Waals surface area contributed by atoms with Crippen molar-refractivity contribution in [2.24, 2.45) is 0 Å². The minimum atomic E-state index is -0.509. The lowest BCUT2D eigenvalue weighted by Crippen LogP contribution is -2.14. The van der Waals surface area contributed by atoms with Crippen molar-refractivity contribution >= 4 is 40.2 Å². The molecule has 0 saturated heterocycles. The molecule has 0 aliphatic rings. The number of esters is 1. The molecule has 0 aliphatic carbocycles. The molecule has 1 amide bonds. The number of rotatable bonds is 3. The van der Waals surface area contributed by atoms with Crippen LogP contribution in [-0.4, -0.2) is 19.0 Å². The van der Waals surface area contributed by atoms with Crippen molar-refractivity contribution < 1.29 is 18.7 Å². The highest BCUT2D eigenvalue weighted by molar-refractivity contribution is 14.1. The number of halogens is 1. The van der Waals surface area contributed by atoms with E-state index < -0.39 is 11.9 Å². The van der Waals surface area contributed by atoms with Crippen molar-refractivity contribution in [3.05, 3.63) is 51.5 Å². The van der Waals surface area contributed by atoms with Crippen LogP contribution >= 0.6 is 22.6 Å². The molecule has 0 saturated carbocycles. The molecule has 0 atom stereocenters. The molecule has 1 aromatic heterocycles. The molecule has 0 radical (unpaired) electrons. The molecule has 19 heavy (non-hydrogen) atoms. The summed E-state index contributed by atoms with van der Waals surface area (Å²) in [6.45, 7) is 0. The van der Waals surface area contributed by atoms with Crippen LogP contribution in [0.25, 0.3) is 0 Å². The summed E-state index contributed by atoms with van der Waals surface area (Å²) in [4.78, 5) is 23.5. The first-order valence-electron chi connectivity index (χ1n) is 5.36. The van der Waals surface area contributed by atoms with Crippen molar-refractivity contribution in [3.63, 3.8) is 0 Å². The van der Waals surface area contributed by atoms with Gasteiger partial charge >= 0.3 is 5.97 Å². The highest BCUT2D eigenvalue weighted by Crippen LogP contribution is 2.18. The monoisotopic (exact) mass is 371 g/mol. The van der Waals surface area contributed by atoms with Crippen LogP contribution in [0.5, 0.6) is 0 Å². The lowest BCUT2D eigenvalue weighted by atomic mass is 10.2. The fourth-order valence-corrected chi connectivity index (χ4v) is 1.92. The average molecular weight is 371 g/mol. The highest BCUT2D eigenvalue weighted by Gasteiger charge is 2.16. The molecule has 1 N–H and O–H groups in total. The standard InChI is InChI=1S/C13H10INO4/c1-18-13(17)8-4-2-3-5-9(8)15-12(16)10-6-7-11(14)19-10/h2-7H,1H3,(H,15,16). The van der Waals surface area contributed by atoms with Gasteiger partial charge in [0.1, 0.15) is 0 Å². The van der Waals surface area contributed by atoms with Gasteiger partial charge in [0, 0.05) is 0 Å². The third-order valence-electron chi connectivity index (χ3n) is 2.38. The molecule has 5 nitrogen and oxygen atoms in total. The van der Waals surface area contributed by atoms with Crippen LogP contribution in [0.1, 0.15) is 20.9 Å². The van der Waals surface area contributed by atoms with Gasteiger partial charge in [-0.05, 0) is 46.9 Å². The van der Waals surface area contributed by atoms with Crippen molar-refractivity contribution in [3.8, 4) is 0 Å². The number of methoxy groups -OCH3 is 1. The summed E-state index contributed by atoms with van der Waals surface area (Å²) in [5.41, 5.74) is 0.672. The van der Waals surface area contributed by atoms with E-state index in [0.717, 1.165) is 0 Å². The molecule has 1 heterocycles. The Morgan fingerprint density at radius 3 is 2.58 bits per heavy atom. The van der Waals surface area contributed by atoms with Crippen LogP contribution in [-0.2, 0) is 4.74 Å². The smallest absolute Gasteiger partial charge is 0.339 e. The maximum atomic E-state index is 11.9. The second kappa shape index (κ2) is 5.87. The number of amides is 1. The molecule has 0 aliphatic heterocycles. The van der Waals surface area contributed by atoms with Crippen LogP contribution in [0.15, 0.2) is 40.8 Å². The first-order valence-corrected chi connectivity index (χ1v) is 6.43. The number of benzene rings is 1. The Morgan fingerprint density at radius 1 is 1.21 bits per heavy atom. The Hall–Kier alpha value is -1.83. The van der Waals surface area contributed by atoms with Gasteiger partial charge in [0.25, 0.3) is 5.91 Å². The summed E-state index contributed by atoms with van der Waals surface area (Å²) in [5.74, 6) is -0.742. The molecule has 0 bridgehead atoms. The molecular formula is C13H10INO4. The van der Waals surface area contributed by atoms with E-state index in [-0.39, 0.29) is 5.76 Å². The Labute approximate surface area is 123 Å². The third kappa shape index (κ3) is 3.14. The Balaban J connectivity index is 2.24. The average Bonchev–Trinajstić information content (AvgIpc) is 2.85. The molecule has 98 valence electrons. The van der Waals surface area contributed by atoms with Gasteiger partial charge in [-0.25, -0.2) is 4.79 Å². The van der Waals surface area contributed by atoms with E-state index in [9.17, 15) is 9.59 Å². The first kappa shape index (κ1) is 13.6. The van der Waals surface area contributed by atoms with Gasteiger partial charge in [-0.1, -0.05) is 12.1 Å². The van der Waals surface area contributed by atoms with Gasteiger partial charge in [-0.15, -0.1) is 0 Å². The largest absolute Gasteiger partial charge is 0.465 e. The summed E-state index contributed by atoms with van der Waals surface area (Å²) < 4.78 is 10.5. The molecule has 2 aromatic rings. The summed E-state index contributed by atoms with van der Waals surface area (Å²) in [6.07, 6.45) is 0. The number of ether oxygens (including phenoxy) is 1. The van der Waals surface area contributed by atoms with E-state index in [0.29, 0.717) is 15.0 Å². The van der Waals surface area contributed by atoms with E-state index in [1.165, 1.54) is 7.11 Å². The van der Waals surface area contributed by atoms with E-state index in [1.807, 2.05) is 22.6 Å². The fraction of sp³-hybridized carbons (Fsp3) is 0.0769. The zero-order chi connectivity index (χ0) is 13.8. The molecular weight excluding hydrogens is 361 g/mol. The maximum Gasteiger partial charge on any atom is 0.339 e. The fourth-order valence-electron chi connectivity index (χ4n) is 1.50. The van der Waals surface area contributed by atoms with Gasteiger partial charge in [0.15, 0.2) is 9.53 Å². The second-order valence-electron chi connectivity index (χ2n) is 3.60. The number of para-hydroxylation sites is 1. The second-order valence-corrected chi connectivity index (χ2v) is 4.66. The lowest BCUT2D eigenvalue weighted by molar-refractivity contribution is 0.0602. The summed E-state index contributed by atoms with van der Waals surface area (Å²) >= 11 is 1.97. The topological polar surface area (TPSA) is 68.5 Å². The van der Waals surface area contributed by atoms with Crippen molar-refractivity contribution in [1.29, 1.82) is 0 Å². The van der Waals surface area contributed by atoms with Crippen molar-refractivity contribution in [2.45, 2.75) is 0 Å². The predicted molar refractivity (Wildman–Crippen MR) is 77.2 cm³/mol. The van der Waals surface area contributed by atoms with E-state index in [2.05, 4.69) is 10.1 Å². The quantitative estimate of drug-likeness (QED) is 0.666. The third-order valence-corrected chi connectivity index (χ3v) is 2.96. The molecule has 0 fully saturated rings. The van der Waals surface area contributed by atoms with Gasteiger partial charge in [-0.2, -0.15) is 0 Å².